The maximum atomic E-state index is 15.2. The van der Waals surface area contributed by atoms with Crippen LogP contribution >= 0.6 is 0 Å². The second-order valence-electron chi connectivity index (χ2n) is 10.7. The summed E-state index contributed by atoms with van der Waals surface area (Å²) in [4.78, 5) is 40.9. The van der Waals surface area contributed by atoms with Gasteiger partial charge in [-0.2, -0.15) is 0 Å². The van der Waals surface area contributed by atoms with E-state index in [1.165, 1.54) is 18.3 Å². The predicted octanol–water partition coefficient (Wildman–Crippen LogP) is 3.03. The van der Waals surface area contributed by atoms with Crippen LogP contribution in [0.15, 0.2) is 47.7 Å². The Morgan fingerprint density at radius 3 is 2.47 bits per heavy atom. The number of carbonyl (C=O) groups excluding carboxylic acids is 2. The molecule has 0 saturated carbocycles. The average molecular weight is 592 g/mol. The number of halogens is 2. The number of aromatic nitrogens is 2. The van der Waals surface area contributed by atoms with Gasteiger partial charge in [-0.1, -0.05) is 12.1 Å². The van der Waals surface area contributed by atoms with Gasteiger partial charge in [-0.3, -0.25) is 24.5 Å². The van der Waals surface area contributed by atoms with Gasteiger partial charge in [0.05, 0.1) is 42.2 Å². The number of fused-ring (bicyclic) bond motifs is 1. The fourth-order valence-electron chi connectivity index (χ4n) is 5.33. The van der Waals surface area contributed by atoms with Crippen molar-refractivity contribution in [1.29, 1.82) is 0 Å². The first-order valence-corrected chi connectivity index (χ1v) is 14.4. The summed E-state index contributed by atoms with van der Waals surface area (Å²) >= 11 is 0. The van der Waals surface area contributed by atoms with Crippen molar-refractivity contribution in [2.45, 2.75) is 38.3 Å². The number of carbonyl (C=O) groups is 2. The minimum absolute atomic E-state index is 0.0129. The van der Waals surface area contributed by atoms with E-state index in [4.69, 9.17) is 21.2 Å². The normalized spacial score (nSPS) is 17.2. The topological polar surface area (TPSA) is 140 Å². The van der Waals surface area contributed by atoms with E-state index in [1.54, 1.807) is 35.5 Å². The molecule has 0 atom stereocenters. The molecule has 2 aliphatic heterocycles. The molecule has 226 valence electrons. The molecule has 0 radical (unpaired) electrons. The number of allylic oxidation sites excluding steroid dienone is 1. The largest absolute Gasteiger partial charge is 0.404 e. The van der Waals surface area contributed by atoms with Crippen molar-refractivity contribution in [1.82, 2.24) is 19.8 Å². The van der Waals surface area contributed by atoms with Crippen molar-refractivity contribution in [2.75, 3.05) is 39.4 Å². The second-order valence-corrected chi connectivity index (χ2v) is 10.7. The zero-order valence-corrected chi connectivity index (χ0v) is 23.8. The van der Waals surface area contributed by atoms with E-state index < -0.39 is 17.5 Å². The van der Waals surface area contributed by atoms with Crippen molar-refractivity contribution < 1.29 is 23.1 Å². The highest BCUT2D eigenvalue weighted by Gasteiger charge is 2.23. The number of piperidine rings is 1. The molecule has 1 aromatic heterocycles. The van der Waals surface area contributed by atoms with E-state index in [-0.39, 0.29) is 36.9 Å². The van der Waals surface area contributed by atoms with Crippen LogP contribution in [0.2, 0.25) is 0 Å². The van der Waals surface area contributed by atoms with Gasteiger partial charge in [-0.05, 0) is 36.6 Å². The van der Waals surface area contributed by atoms with E-state index in [9.17, 15) is 9.59 Å². The Hall–Kier alpha value is -4.29. The zero-order chi connectivity index (χ0) is 30.3. The first-order valence-electron chi connectivity index (χ1n) is 14.4. The fourth-order valence-corrected chi connectivity index (χ4v) is 5.33. The Kier molecular flexibility index (Phi) is 9.68. The van der Waals surface area contributed by atoms with Crippen molar-refractivity contribution in [2.24, 2.45) is 16.5 Å². The molecule has 2 aliphatic rings. The summed E-state index contributed by atoms with van der Waals surface area (Å²) < 4.78 is 35.8. The molecule has 2 saturated heterocycles. The van der Waals surface area contributed by atoms with E-state index in [0.717, 1.165) is 0 Å². The van der Waals surface area contributed by atoms with Crippen LogP contribution < -0.4 is 11.5 Å². The summed E-state index contributed by atoms with van der Waals surface area (Å²) in [5.41, 5.74) is 14.1. The van der Waals surface area contributed by atoms with Gasteiger partial charge >= 0.3 is 0 Å². The van der Waals surface area contributed by atoms with Crippen molar-refractivity contribution >= 4 is 34.6 Å². The number of nitrogens with zero attached hydrogens (tertiary/aromatic N) is 5. The lowest BCUT2D eigenvalue weighted by molar-refractivity contribution is -0.134. The maximum absolute atomic E-state index is 15.2. The summed E-state index contributed by atoms with van der Waals surface area (Å²) in [6.07, 6.45) is 6.12. The van der Waals surface area contributed by atoms with Crippen LogP contribution in [0.4, 0.5) is 8.78 Å². The van der Waals surface area contributed by atoms with Gasteiger partial charge in [0.2, 0.25) is 11.8 Å². The Morgan fingerprint density at radius 1 is 1.07 bits per heavy atom. The Balaban J connectivity index is 1.32. The molecule has 10 nitrogen and oxygen atoms in total. The molecule has 0 bridgehead atoms. The minimum Gasteiger partial charge on any atom is -0.404 e. The fraction of sp³-hybridized carbons (Fsp3) is 0.387. The standard InChI is InChI=1S/C31H35F2N7O3/c32-25-14-20(15-26(33)24(25)19-39-10-12-43-13-11-39)23-2-1-3-27-31(23)38-28(18-37-27)21(16-34)17-36-22-6-8-40(9-7-22)30(42)5-4-29(35)41/h1-3,14-18,22H,4-13,19,34H2,(H2,35,41). The number of hydrogen-bond acceptors (Lipinski definition) is 8. The molecule has 5 rings (SSSR count). The van der Waals surface area contributed by atoms with Gasteiger partial charge in [0.25, 0.3) is 0 Å². The molecule has 2 amide bonds. The molecule has 43 heavy (non-hydrogen) atoms. The molecule has 2 fully saturated rings. The number of rotatable bonds is 9. The van der Waals surface area contributed by atoms with Gasteiger partial charge in [0, 0.05) is 74.7 Å². The first-order chi connectivity index (χ1) is 20.8. The van der Waals surface area contributed by atoms with Gasteiger partial charge in [-0.15, -0.1) is 0 Å². The van der Waals surface area contributed by atoms with Crippen LogP contribution in [0.3, 0.4) is 0 Å². The Labute approximate surface area is 248 Å². The van der Waals surface area contributed by atoms with Gasteiger partial charge in [-0.25, -0.2) is 13.8 Å². The Bertz CT molecular complexity index is 1520. The number of aliphatic imine (C=N–C) groups is 1. The molecular weight excluding hydrogens is 556 g/mol. The molecule has 2 aromatic carbocycles. The molecule has 0 unspecified atom stereocenters. The number of morpholine rings is 1. The first kappa shape index (κ1) is 30.2. The number of amides is 2. The minimum atomic E-state index is -0.613. The second kappa shape index (κ2) is 13.8. The number of para-hydroxylation sites is 1. The Morgan fingerprint density at radius 2 is 1.79 bits per heavy atom. The number of primary amides is 1. The van der Waals surface area contributed by atoms with Crippen LogP contribution in [0.25, 0.3) is 27.7 Å². The summed E-state index contributed by atoms with van der Waals surface area (Å²) in [6, 6.07) is 7.99. The van der Waals surface area contributed by atoms with Crippen molar-refractivity contribution in [3.05, 3.63) is 65.6 Å². The highest BCUT2D eigenvalue weighted by atomic mass is 19.1. The van der Waals surface area contributed by atoms with Crippen molar-refractivity contribution in [3.8, 4) is 11.1 Å². The summed E-state index contributed by atoms with van der Waals surface area (Å²) in [6.45, 7) is 3.59. The van der Waals surface area contributed by atoms with Gasteiger partial charge in [0.15, 0.2) is 0 Å². The summed E-state index contributed by atoms with van der Waals surface area (Å²) in [5.74, 6) is -1.80. The molecule has 0 aliphatic carbocycles. The van der Waals surface area contributed by atoms with Gasteiger partial charge < -0.3 is 21.1 Å². The predicted molar refractivity (Wildman–Crippen MR) is 160 cm³/mol. The van der Waals surface area contributed by atoms with Crippen LogP contribution in [-0.2, 0) is 20.9 Å². The lowest BCUT2D eigenvalue weighted by Gasteiger charge is -2.30. The third-order valence-corrected chi connectivity index (χ3v) is 7.81. The van der Waals surface area contributed by atoms with E-state index in [1.807, 2.05) is 4.90 Å². The quantitative estimate of drug-likeness (QED) is 0.365. The number of ether oxygens (including phenoxy) is 1. The van der Waals surface area contributed by atoms with Crippen LogP contribution in [0.5, 0.6) is 0 Å². The molecule has 3 aromatic rings. The van der Waals surface area contributed by atoms with Crippen LogP contribution in [0, 0.1) is 11.6 Å². The lowest BCUT2D eigenvalue weighted by Crippen LogP contribution is -2.40. The highest BCUT2D eigenvalue weighted by molar-refractivity contribution is 6.09. The number of nitrogens with two attached hydrogens (primary N) is 2. The van der Waals surface area contributed by atoms with Gasteiger partial charge in [0.1, 0.15) is 11.6 Å². The molecule has 12 heteroatoms. The lowest BCUT2D eigenvalue weighted by atomic mass is 10.0. The third kappa shape index (κ3) is 7.38. The SMILES string of the molecule is NC=C(C=NC1CCN(C(=O)CCC(N)=O)CC1)c1cnc2cccc(-c3cc(F)c(CN4CCOCC4)c(F)c3)c2n1. The third-order valence-electron chi connectivity index (χ3n) is 7.81. The average Bonchev–Trinajstić information content (AvgIpc) is 3.02. The number of benzene rings is 2. The van der Waals surface area contributed by atoms with Crippen LogP contribution in [-0.4, -0.2) is 83.2 Å². The zero-order valence-electron chi connectivity index (χ0n) is 23.8. The number of hydrogen-bond donors (Lipinski definition) is 2. The van der Waals surface area contributed by atoms with Crippen LogP contribution in [0.1, 0.15) is 36.9 Å². The smallest absolute Gasteiger partial charge is 0.223 e. The highest BCUT2D eigenvalue weighted by Crippen LogP contribution is 2.30. The monoisotopic (exact) mass is 591 g/mol. The molecule has 4 N–H and O–H groups in total. The van der Waals surface area contributed by atoms with E-state index >= 15 is 8.78 Å². The van der Waals surface area contributed by atoms with E-state index in [0.29, 0.717) is 85.7 Å². The molecule has 0 spiro atoms. The number of likely N-dealkylation sites (tertiary alicyclic amines) is 1. The molecular formula is C31H35F2N7O3. The maximum Gasteiger partial charge on any atom is 0.223 e. The summed E-state index contributed by atoms with van der Waals surface area (Å²) in [7, 11) is 0. The summed E-state index contributed by atoms with van der Waals surface area (Å²) in [5, 5.41) is 0. The van der Waals surface area contributed by atoms with E-state index in [2.05, 4.69) is 9.98 Å². The molecule has 3 heterocycles. The van der Waals surface area contributed by atoms with Crippen molar-refractivity contribution in [3.63, 3.8) is 0 Å².